The van der Waals surface area contributed by atoms with Crippen molar-refractivity contribution >= 4 is 5.84 Å². The molecule has 1 aromatic heterocycles. The summed E-state index contributed by atoms with van der Waals surface area (Å²) in [5.41, 5.74) is 5.69. The van der Waals surface area contributed by atoms with Gasteiger partial charge in [-0.05, 0) is 18.9 Å². The fourth-order valence-electron chi connectivity index (χ4n) is 1.50. The lowest BCUT2D eigenvalue weighted by Crippen LogP contribution is -2.19. The van der Waals surface area contributed by atoms with Gasteiger partial charge in [0.05, 0.1) is 6.10 Å². The van der Waals surface area contributed by atoms with Crippen molar-refractivity contribution < 1.29 is 9.47 Å². The summed E-state index contributed by atoms with van der Waals surface area (Å²) in [4.78, 5) is 7.94. The van der Waals surface area contributed by atoms with Crippen LogP contribution in [-0.2, 0) is 4.74 Å². The molecular formula is C10H14N4O2. The largest absolute Gasteiger partial charge is 0.461 e. The first-order valence-corrected chi connectivity index (χ1v) is 5.17. The number of aromatic nitrogens is 2. The monoisotopic (exact) mass is 222 g/mol. The summed E-state index contributed by atoms with van der Waals surface area (Å²) < 4.78 is 10.8. The van der Waals surface area contributed by atoms with Crippen LogP contribution in [0.4, 0.5) is 0 Å². The van der Waals surface area contributed by atoms with Gasteiger partial charge in [0.15, 0.2) is 0 Å². The molecule has 0 bridgehead atoms. The van der Waals surface area contributed by atoms with E-state index in [0.717, 1.165) is 19.4 Å². The molecule has 0 radical (unpaired) electrons. The number of ether oxygens (including phenoxy) is 2. The van der Waals surface area contributed by atoms with E-state index in [0.29, 0.717) is 12.3 Å². The molecule has 0 aromatic carbocycles. The third-order valence-electron chi connectivity index (χ3n) is 2.33. The highest BCUT2D eigenvalue weighted by molar-refractivity contribution is 5.92. The van der Waals surface area contributed by atoms with E-state index in [4.69, 9.17) is 20.6 Å². The summed E-state index contributed by atoms with van der Waals surface area (Å²) in [5.74, 6) is -0.0932. The Morgan fingerprint density at radius 1 is 1.69 bits per heavy atom. The van der Waals surface area contributed by atoms with Crippen molar-refractivity contribution in [3.05, 3.63) is 18.0 Å². The molecule has 3 N–H and O–H groups in total. The van der Waals surface area contributed by atoms with Crippen LogP contribution < -0.4 is 10.5 Å². The maximum absolute atomic E-state index is 7.24. The van der Waals surface area contributed by atoms with E-state index < -0.39 is 0 Å². The minimum absolute atomic E-state index is 0.0932. The second-order valence-electron chi connectivity index (χ2n) is 3.58. The van der Waals surface area contributed by atoms with Gasteiger partial charge in [0.2, 0.25) is 0 Å². The lowest BCUT2D eigenvalue weighted by atomic mass is 10.2. The van der Waals surface area contributed by atoms with Crippen LogP contribution in [0.2, 0.25) is 0 Å². The van der Waals surface area contributed by atoms with Gasteiger partial charge in [-0.25, -0.2) is 4.98 Å². The fraction of sp³-hybridized carbons (Fsp3) is 0.500. The standard InChI is InChI=1S/C10H14N4O2/c11-9(12)8-3-4-13-10(14-8)16-6-7-2-1-5-15-7/h3-4,7H,1-2,5-6H2,(H3,11,12). The molecule has 0 amide bonds. The van der Waals surface area contributed by atoms with Gasteiger partial charge >= 0.3 is 6.01 Å². The zero-order valence-electron chi connectivity index (χ0n) is 8.85. The quantitative estimate of drug-likeness (QED) is 0.565. The highest BCUT2D eigenvalue weighted by Crippen LogP contribution is 2.13. The van der Waals surface area contributed by atoms with Crippen molar-refractivity contribution in [3.8, 4) is 6.01 Å². The molecule has 0 saturated carbocycles. The van der Waals surface area contributed by atoms with Crippen molar-refractivity contribution in [2.24, 2.45) is 5.73 Å². The Balaban J connectivity index is 1.93. The molecule has 1 aromatic rings. The maximum Gasteiger partial charge on any atom is 0.317 e. The average molecular weight is 222 g/mol. The molecule has 6 heteroatoms. The van der Waals surface area contributed by atoms with Crippen molar-refractivity contribution in [1.82, 2.24) is 9.97 Å². The zero-order valence-corrected chi connectivity index (χ0v) is 8.85. The number of nitrogens with two attached hydrogens (primary N) is 1. The third-order valence-corrected chi connectivity index (χ3v) is 2.33. The van der Waals surface area contributed by atoms with Crippen LogP contribution in [0.5, 0.6) is 6.01 Å². The average Bonchev–Trinajstić information content (AvgIpc) is 2.79. The molecule has 0 aliphatic carbocycles. The summed E-state index contributed by atoms with van der Waals surface area (Å²) in [5, 5.41) is 7.24. The molecule has 1 fully saturated rings. The van der Waals surface area contributed by atoms with Crippen molar-refractivity contribution in [2.45, 2.75) is 18.9 Å². The SMILES string of the molecule is N=C(N)c1ccnc(OCC2CCCO2)n1. The number of hydrogen-bond acceptors (Lipinski definition) is 5. The van der Waals surface area contributed by atoms with E-state index in [-0.39, 0.29) is 18.0 Å². The van der Waals surface area contributed by atoms with Gasteiger partial charge in [0.25, 0.3) is 0 Å². The van der Waals surface area contributed by atoms with Gasteiger partial charge in [0, 0.05) is 12.8 Å². The summed E-state index contributed by atoms with van der Waals surface area (Å²) >= 11 is 0. The predicted molar refractivity (Wildman–Crippen MR) is 57.5 cm³/mol. The van der Waals surface area contributed by atoms with Gasteiger partial charge in [0.1, 0.15) is 18.1 Å². The van der Waals surface area contributed by atoms with Crippen LogP contribution in [0.15, 0.2) is 12.3 Å². The van der Waals surface area contributed by atoms with Crippen LogP contribution in [0.1, 0.15) is 18.5 Å². The Hall–Kier alpha value is -1.69. The van der Waals surface area contributed by atoms with Gasteiger partial charge < -0.3 is 15.2 Å². The summed E-state index contributed by atoms with van der Waals surface area (Å²) in [6.07, 6.45) is 3.73. The lowest BCUT2D eigenvalue weighted by molar-refractivity contribution is 0.0645. The van der Waals surface area contributed by atoms with E-state index in [1.165, 1.54) is 6.20 Å². The molecule has 2 heterocycles. The molecular weight excluding hydrogens is 208 g/mol. The van der Waals surface area contributed by atoms with Crippen LogP contribution in [0.3, 0.4) is 0 Å². The van der Waals surface area contributed by atoms with Crippen LogP contribution >= 0.6 is 0 Å². The highest BCUT2D eigenvalue weighted by Gasteiger charge is 2.16. The fourth-order valence-corrected chi connectivity index (χ4v) is 1.50. The highest BCUT2D eigenvalue weighted by atomic mass is 16.5. The van der Waals surface area contributed by atoms with Crippen LogP contribution in [-0.4, -0.2) is 35.1 Å². The Morgan fingerprint density at radius 3 is 3.25 bits per heavy atom. The molecule has 6 nitrogen and oxygen atoms in total. The van der Waals surface area contributed by atoms with E-state index >= 15 is 0 Å². The third kappa shape index (κ3) is 2.66. The minimum Gasteiger partial charge on any atom is -0.461 e. The summed E-state index contributed by atoms with van der Waals surface area (Å²) in [6, 6.07) is 1.81. The summed E-state index contributed by atoms with van der Waals surface area (Å²) in [6.45, 7) is 1.24. The van der Waals surface area contributed by atoms with E-state index in [1.807, 2.05) is 0 Å². The smallest absolute Gasteiger partial charge is 0.317 e. The molecule has 0 spiro atoms. The van der Waals surface area contributed by atoms with Gasteiger partial charge in [-0.15, -0.1) is 0 Å². The molecule has 1 aliphatic heterocycles. The molecule has 86 valence electrons. The van der Waals surface area contributed by atoms with Gasteiger partial charge in [-0.2, -0.15) is 4.98 Å². The predicted octanol–water partition coefficient (Wildman–Crippen LogP) is 0.318. The number of amidine groups is 1. The van der Waals surface area contributed by atoms with E-state index in [1.54, 1.807) is 6.07 Å². The van der Waals surface area contributed by atoms with Crippen molar-refractivity contribution in [1.29, 1.82) is 5.41 Å². The normalized spacial score (nSPS) is 19.6. The first kappa shape index (κ1) is 10.8. The van der Waals surface area contributed by atoms with Gasteiger partial charge in [-0.1, -0.05) is 0 Å². The first-order valence-electron chi connectivity index (χ1n) is 5.17. The van der Waals surface area contributed by atoms with Crippen LogP contribution in [0.25, 0.3) is 0 Å². The molecule has 1 aliphatic rings. The lowest BCUT2D eigenvalue weighted by Gasteiger charge is -2.10. The maximum atomic E-state index is 7.24. The van der Waals surface area contributed by atoms with E-state index in [2.05, 4.69) is 9.97 Å². The molecule has 1 atom stereocenters. The molecule has 1 saturated heterocycles. The van der Waals surface area contributed by atoms with Crippen LogP contribution in [0, 0.1) is 5.41 Å². The second kappa shape index (κ2) is 4.89. The molecule has 1 unspecified atom stereocenters. The Kier molecular flexibility index (Phi) is 3.31. The zero-order chi connectivity index (χ0) is 11.4. The summed E-state index contributed by atoms with van der Waals surface area (Å²) in [7, 11) is 0. The Bertz CT molecular complexity index is 377. The number of hydrogen-bond donors (Lipinski definition) is 2. The number of nitrogens with one attached hydrogen (secondary N) is 1. The second-order valence-corrected chi connectivity index (χ2v) is 3.58. The van der Waals surface area contributed by atoms with Crippen molar-refractivity contribution in [2.75, 3.05) is 13.2 Å². The number of nitrogens with zero attached hydrogens (tertiary/aromatic N) is 2. The molecule has 2 rings (SSSR count). The molecule has 16 heavy (non-hydrogen) atoms. The number of rotatable bonds is 4. The first-order chi connectivity index (χ1) is 7.75. The van der Waals surface area contributed by atoms with E-state index in [9.17, 15) is 0 Å². The Morgan fingerprint density at radius 2 is 2.56 bits per heavy atom. The Labute approximate surface area is 93.3 Å². The topological polar surface area (TPSA) is 94.1 Å². The minimum atomic E-state index is -0.0932. The number of nitrogen functional groups attached to an aromatic ring is 1. The van der Waals surface area contributed by atoms with Crippen molar-refractivity contribution in [3.63, 3.8) is 0 Å². The van der Waals surface area contributed by atoms with Gasteiger partial charge in [-0.3, -0.25) is 5.41 Å².